The summed E-state index contributed by atoms with van der Waals surface area (Å²) in [6, 6.07) is 13.5. The molecular formula is C17H17N5OS. The van der Waals surface area contributed by atoms with Crippen LogP contribution in [0.2, 0.25) is 0 Å². The fourth-order valence-corrected chi connectivity index (χ4v) is 2.97. The van der Waals surface area contributed by atoms with E-state index < -0.39 is 0 Å². The van der Waals surface area contributed by atoms with Crippen LogP contribution < -0.4 is 5.32 Å². The van der Waals surface area contributed by atoms with Crippen molar-refractivity contribution in [2.45, 2.75) is 19.0 Å². The van der Waals surface area contributed by atoms with Gasteiger partial charge < -0.3 is 5.32 Å². The molecule has 122 valence electrons. The minimum atomic E-state index is -0.130. The smallest absolute Gasteiger partial charge is 0.236 e. The number of hydrogen-bond donors (Lipinski definition) is 1. The highest BCUT2D eigenvalue weighted by Crippen LogP contribution is 2.22. The van der Waals surface area contributed by atoms with Crippen molar-refractivity contribution >= 4 is 23.5 Å². The number of carbonyl (C=O) groups is 1. The lowest BCUT2D eigenvalue weighted by Crippen LogP contribution is -2.15. The molecule has 0 aliphatic rings. The number of nitrogens with zero attached hydrogens (tertiary/aromatic N) is 4. The zero-order valence-corrected chi connectivity index (χ0v) is 14.2. The normalized spacial score (nSPS) is 10.6. The lowest BCUT2D eigenvalue weighted by molar-refractivity contribution is -0.113. The van der Waals surface area contributed by atoms with E-state index >= 15 is 0 Å². The predicted octanol–water partition coefficient (Wildman–Crippen LogP) is 3.01. The largest absolute Gasteiger partial charge is 0.310 e. The second kappa shape index (κ2) is 7.27. The summed E-state index contributed by atoms with van der Waals surface area (Å²) in [4.78, 5) is 16.1. The highest BCUT2D eigenvalue weighted by molar-refractivity contribution is 7.99. The molecule has 6 nitrogen and oxygen atoms in total. The maximum absolute atomic E-state index is 12.1. The molecule has 0 bridgehead atoms. The van der Waals surface area contributed by atoms with Crippen LogP contribution >= 0.6 is 11.8 Å². The number of anilines is 1. The van der Waals surface area contributed by atoms with Gasteiger partial charge in [-0.25, -0.2) is 4.98 Å². The molecule has 0 saturated carbocycles. The standard InChI is InChI=1S/C17H17N5OS/c1-12-6-8-14(9-7-12)22-13(2)20-21-17(22)24-11-16(23)19-15-5-3-4-10-18-15/h3-10H,11H2,1-2H3,(H,18,19,23). The Morgan fingerprint density at radius 1 is 1.12 bits per heavy atom. The Morgan fingerprint density at radius 2 is 1.92 bits per heavy atom. The van der Waals surface area contributed by atoms with Crippen LogP contribution in [0.25, 0.3) is 5.69 Å². The third-order valence-electron chi connectivity index (χ3n) is 3.35. The van der Waals surface area contributed by atoms with Gasteiger partial charge in [0.15, 0.2) is 5.16 Å². The second-order valence-corrected chi connectivity index (χ2v) is 6.20. The van der Waals surface area contributed by atoms with Crippen LogP contribution in [0.15, 0.2) is 53.8 Å². The molecule has 7 heteroatoms. The van der Waals surface area contributed by atoms with E-state index in [-0.39, 0.29) is 11.7 Å². The third kappa shape index (κ3) is 3.80. The summed E-state index contributed by atoms with van der Waals surface area (Å²) < 4.78 is 1.94. The highest BCUT2D eigenvalue weighted by Gasteiger charge is 2.13. The molecule has 1 amide bonds. The number of benzene rings is 1. The molecule has 24 heavy (non-hydrogen) atoms. The molecule has 0 aliphatic carbocycles. The van der Waals surface area contributed by atoms with Gasteiger partial charge in [-0.3, -0.25) is 9.36 Å². The van der Waals surface area contributed by atoms with Crippen molar-refractivity contribution in [3.8, 4) is 5.69 Å². The van der Waals surface area contributed by atoms with Gasteiger partial charge in [0.2, 0.25) is 5.91 Å². The van der Waals surface area contributed by atoms with E-state index in [2.05, 4.69) is 20.5 Å². The van der Waals surface area contributed by atoms with Gasteiger partial charge in [0.1, 0.15) is 11.6 Å². The van der Waals surface area contributed by atoms with Crippen molar-refractivity contribution < 1.29 is 4.79 Å². The molecule has 0 spiro atoms. The average Bonchev–Trinajstić information content (AvgIpc) is 2.95. The van der Waals surface area contributed by atoms with E-state index in [9.17, 15) is 4.79 Å². The monoisotopic (exact) mass is 339 g/mol. The van der Waals surface area contributed by atoms with Crippen molar-refractivity contribution in [1.82, 2.24) is 19.7 Å². The van der Waals surface area contributed by atoms with Gasteiger partial charge in [-0.05, 0) is 38.1 Å². The van der Waals surface area contributed by atoms with Crippen LogP contribution in [0.4, 0.5) is 5.82 Å². The molecule has 0 fully saturated rings. The Morgan fingerprint density at radius 3 is 2.62 bits per heavy atom. The van der Waals surface area contributed by atoms with Gasteiger partial charge in [0.25, 0.3) is 0 Å². The van der Waals surface area contributed by atoms with Gasteiger partial charge in [-0.15, -0.1) is 10.2 Å². The highest BCUT2D eigenvalue weighted by atomic mass is 32.2. The topological polar surface area (TPSA) is 72.7 Å². The first kappa shape index (κ1) is 16.2. The number of rotatable bonds is 5. The van der Waals surface area contributed by atoms with E-state index in [1.807, 2.05) is 48.7 Å². The molecule has 0 unspecified atom stereocenters. The first-order valence-electron chi connectivity index (χ1n) is 7.46. The number of carbonyl (C=O) groups excluding carboxylic acids is 1. The maximum atomic E-state index is 12.1. The van der Waals surface area contributed by atoms with Crippen LogP contribution in [0.5, 0.6) is 0 Å². The molecule has 0 saturated heterocycles. The van der Waals surface area contributed by atoms with Crippen molar-refractivity contribution in [2.75, 3.05) is 11.1 Å². The zero-order valence-electron chi connectivity index (χ0n) is 13.4. The Bertz CT molecular complexity index is 830. The molecule has 2 heterocycles. The summed E-state index contributed by atoms with van der Waals surface area (Å²) in [7, 11) is 0. The number of amides is 1. The van der Waals surface area contributed by atoms with Crippen molar-refractivity contribution in [1.29, 1.82) is 0 Å². The molecule has 0 radical (unpaired) electrons. The van der Waals surface area contributed by atoms with Crippen LogP contribution in [0.3, 0.4) is 0 Å². The van der Waals surface area contributed by atoms with E-state index in [0.29, 0.717) is 11.0 Å². The van der Waals surface area contributed by atoms with E-state index in [1.54, 1.807) is 18.3 Å². The van der Waals surface area contributed by atoms with E-state index in [1.165, 1.54) is 17.3 Å². The number of pyridine rings is 1. The first-order valence-corrected chi connectivity index (χ1v) is 8.45. The minimum Gasteiger partial charge on any atom is -0.310 e. The van der Waals surface area contributed by atoms with Crippen LogP contribution in [0.1, 0.15) is 11.4 Å². The van der Waals surface area contributed by atoms with Gasteiger partial charge in [-0.1, -0.05) is 35.5 Å². The quantitative estimate of drug-likeness (QED) is 0.724. The Kier molecular flexibility index (Phi) is 4.90. The molecule has 0 aliphatic heterocycles. The predicted molar refractivity (Wildman–Crippen MR) is 94.4 cm³/mol. The summed E-state index contributed by atoms with van der Waals surface area (Å²) in [5, 5.41) is 11.7. The number of nitrogens with one attached hydrogen (secondary N) is 1. The Hall–Kier alpha value is -2.67. The van der Waals surface area contributed by atoms with Crippen LogP contribution in [-0.4, -0.2) is 31.4 Å². The molecule has 3 aromatic rings. The molecule has 1 N–H and O–H groups in total. The summed E-state index contributed by atoms with van der Waals surface area (Å²) in [6.45, 7) is 3.94. The lowest BCUT2D eigenvalue weighted by Gasteiger charge is -2.09. The fourth-order valence-electron chi connectivity index (χ4n) is 2.17. The SMILES string of the molecule is Cc1ccc(-n2c(C)nnc2SCC(=O)Nc2ccccn2)cc1. The van der Waals surface area contributed by atoms with Gasteiger partial charge >= 0.3 is 0 Å². The maximum Gasteiger partial charge on any atom is 0.236 e. The average molecular weight is 339 g/mol. The second-order valence-electron chi connectivity index (χ2n) is 5.25. The fraction of sp³-hybridized carbons (Fsp3) is 0.176. The van der Waals surface area contributed by atoms with Crippen LogP contribution in [-0.2, 0) is 4.79 Å². The van der Waals surface area contributed by atoms with Crippen LogP contribution in [0, 0.1) is 13.8 Å². The molecular weight excluding hydrogens is 322 g/mol. The minimum absolute atomic E-state index is 0.130. The molecule has 3 rings (SSSR count). The zero-order chi connectivity index (χ0) is 16.9. The number of thioether (sulfide) groups is 1. The summed E-state index contributed by atoms with van der Waals surface area (Å²) in [5.41, 5.74) is 2.17. The van der Waals surface area contributed by atoms with Gasteiger partial charge in [0.05, 0.1) is 5.75 Å². The number of hydrogen-bond acceptors (Lipinski definition) is 5. The first-order chi connectivity index (χ1) is 11.6. The molecule has 1 aromatic carbocycles. The Labute approximate surface area is 144 Å². The molecule has 0 atom stereocenters. The van der Waals surface area contributed by atoms with Gasteiger partial charge in [0, 0.05) is 11.9 Å². The lowest BCUT2D eigenvalue weighted by atomic mass is 10.2. The third-order valence-corrected chi connectivity index (χ3v) is 4.28. The van der Waals surface area contributed by atoms with E-state index in [4.69, 9.17) is 0 Å². The summed E-state index contributed by atoms with van der Waals surface area (Å²) in [5.74, 6) is 1.43. The number of aryl methyl sites for hydroxylation is 2. The van der Waals surface area contributed by atoms with Gasteiger partial charge in [-0.2, -0.15) is 0 Å². The number of aromatic nitrogens is 4. The van der Waals surface area contributed by atoms with Crippen molar-refractivity contribution in [2.24, 2.45) is 0 Å². The van der Waals surface area contributed by atoms with Crippen molar-refractivity contribution in [3.63, 3.8) is 0 Å². The molecule has 2 aromatic heterocycles. The van der Waals surface area contributed by atoms with E-state index in [0.717, 1.165) is 11.5 Å². The summed E-state index contributed by atoms with van der Waals surface area (Å²) in [6.07, 6.45) is 1.64. The Balaban J connectivity index is 1.70. The van der Waals surface area contributed by atoms with Crippen molar-refractivity contribution in [3.05, 3.63) is 60.0 Å². The summed E-state index contributed by atoms with van der Waals surface area (Å²) >= 11 is 1.34.